The number of hydrogen-bond acceptors (Lipinski definition) is 8. The van der Waals surface area contributed by atoms with E-state index in [1.807, 2.05) is 81.4 Å². The van der Waals surface area contributed by atoms with Crippen LogP contribution in [0.15, 0.2) is 115 Å². The van der Waals surface area contributed by atoms with Gasteiger partial charge in [-0.1, -0.05) is 96.5 Å². The molecule has 10 heteroatoms. The molecule has 0 saturated carbocycles. The van der Waals surface area contributed by atoms with Crippen molar-refractivity contribution in [2.24, 2.45) is 10.4 Å². The van der Waals surface area contributed by atoms with Crippen molar-refractivity contribution in [1.82, 2.24) is 19.7 Å². The number of hydrogen-bond donors (Lipinski definition) is 1. The van der Waals surface area contributed by atoms with E-state index in [1.54, 1.807) is 24.7 Å². The minimum absolute atomic E-state index is 0.00323. The van der Waals surface area contributed by atoms with E-state index in [-0.39, 0.29) is 21.2 Å². The molecule has 1 N–H and O–H groups in total. The van der Waals surface area contributed by atoms with Crippen LogP contribution in [-0.4, -0.2) is 43.1 Å². The fourth-order valence-electron chi connectivity index (χ4n) is 6.71. The summed E-state index contributed by atoms with van der Waals surface area (Å²) in [6.45, 7) is 7.70. The van der Waals surface area contributed by atoms with Crippen LogP contribution in [-0.2, 0) is 17.8 Å². The molecule has 2 atom stereocenters. The van der Waals surface area contributed by atoms with Gasteiger partial charge in [-0.25, -0.2) is 19.9 Å². The van der Waals surface area contributed by atoms with Crippen LogP contribution in [0.25, 0.3) is 0 Å². The molecule has 0 amide bonds. The van der Waals surface area contributed by atoms with Crippen LogP contribution < -0.4 is 14.4 Å². The van der Waals surface area contributed by atoms with Crippen molar-refractivity contribution in [2.75, 3.05) is 18.0 Å². The van der Waals surface area contributed by atoms with E-state index in [4.69, 9.17) is 26.3 Å². The van der Waals surface area contributed by atoms with Crippen LogP contribution in [0, 0.1) is 5.41 Å². The zero-order chi connectivity index (χ0) is 34.0. The summed E-state index contributed by atoms with van der Waals surface area (Å²) in [7, 11) is 0. The number of pyridine rings is 1. The Kier molecular flexibility index (Phi) is 9.44. The van der Waals surface area contributed by atoms with Crippen LogP contribution in [0.4, 0.5) is 11.6 Å². The number of aliphatic imine (C=N–C) groups is 1. The summed E-state index contributed by atoms with van der Waals surface area (Å²) in [5.74, 6) is 1.86. The van der Waals surface area contributed by atoms with Crippen LogP contribution in [0.5, 0.6) is 11.6 Å². The Morgan fingerprint density at radius 2 is 1.55 bits per heavy atom. The first-order valence-corrected chi connectivity index (χ1v) is 18.1. The van der Waals surface area contributed by atoms with Gasteiger partial charge in [-0.05, 0) is 51.2 Å². The smallest absolute Gasteiger partial charge is 0.238 e. The van der Waals surface area contributed by atoms with Crippen molar-refractivity contribution in [2.45, 2.75) is 50.8 Å². The van der Waals surface area contributed by atoms with Crippen LogP contribution >= 0.6 is 11.6 Å². The first kappa shape index (κ1) is 33.2. The maximum Gasteiger partial charge on any atom is 0.238 e. The number of piperidine rings is 1. The Bertz CT molecular complexity index is 1890. The topological polar surface area (TPSA) is 98.6 Å². The molecule has 0 radical (unpaired) electrons. The van der Waals surface area contributed by atoms with Gasteiger partial charge >= 0.3 is 0 Å². The van der Waals surface area contributed by atoms with Gasteiger partial charge in [-0.15, -0.1) is 4.72 Å². The molecular weight excluding hydrogens is 652 g/mol. The van der Waals surface area contributed by atoms with Crippen molar-refractivity contribution in [1.29, 1.82) is 0 Å². The fourth-order valence-corrected chi connectivity index (χ4v) is 7.85. The first-order chi connectivity index (χ1) is 23.7. The molecule has 1 spiro atoms. The molecule has 8 nitrogen and oxygen atoms in total. The lowest BCUT2D eigenvalue weighted by molar-refractivity contribution is 0.176. The Morgan fingerprint density at radius 1 is 0.898 bits per heavy atom. The number of nitrogens with one attached hydrogen (secondary N) is 1. The van der Waals surface area contributed by atoms with Crippen LogP contribution in [0.1, 0.15) is 61.9 Å². The Labute approximate surface area is 296 Å². The summed E-state index contributed by atoms with van der Waals surface area (Å²) in [5.41, 5.74) is 5.28. The van der Waals surface area contributed by atoms with Gasteiger partial charge in [0, 0.05) is 53.3 Å². The van der Waals surface area contributed by atoms with Gasteiger partial charge in [0.05, 0.1) is 24.1 Å². The van der Waals surface area contributed by atoms with Gasteiger partial charge in [-0.2, -0.15) is 0 Å². The minimum atomic E-state index is -1.17. The summed E-state index contributed by atoms with van der Waals surface area (Å²) >= 11 is 5.65. The molecule has 2 aromatic heterocycles. The quantitative estimate of drug-likeness (QED) is 0.129. The summed E-state index contributed by atoms with van der Waals surface area (Å²) in [6.07, 6.45) is 7.87. The average Bonchev–Trinajstić information content (AvgIpc) is 3.41. The SMILES string of the molecule is CC(C)(C)[S@@+]([O-])N[C@@H]1c2ccccc2CC12CCN(c1cnc(Oc3ccnc(N=C(c4ccccc4)c4ccccc4)c3Cl)cn1)CC2. The second-order valence-corrected chi connectivity index (χ2v) is 16.0. The molecule has 1 saturated heterocycles. The average molecular weight is 691 g/mol. The standard InChI is InChI=1S/C39H39ClN6O2S/c1-38(2,3)49(47)45-36-30-17-11-10-16-29(30)24-39(36)19-22-46(23-20-39)32-25-43-33(26-42-32)48-31-18-21-41-37(34(31)40)44-35(27-12-6-4-7-13-27)28-14-8-5-9-15-28/h4-18,21,25-26,36,45H,19-20,22-24H2,1-3H3/t36-,49-/m1/s1. The molecule has 7 rings (SSSR count). The Morgan fingerprint density at radius 3 is 2.18 bits per heavy atom. The van der Waals surface area contributed by atoms with Gasteiger partial charge in [0.2, 0.25) is 5.88 Å². The lowest BCUT2D eigenvalue weighted by Gasteiger charge is -2.44. The number of halogens is 1. The molecule has 250 valence electrons. The molecule has 49 heavy (non-hydrogen) atoms. The number of anilines is 1. The third-order valence-corrected chi connectivity index (χ3v) is 11.3. The molecule has 0 unspecified atom stereocenters. The highest BCUT2D eigenvalue weighted by atomic mass is 35.5. The highest BCUT2D eigenvalue weighted by Crippen LogP contribution is 2.53. The molecule has 2 aliphatic rings. The van der Waals surface area contributed by atoms with Crippen LogP contribution in [0.3, 0.4) is 0 Å². The molecule has 1 aliphatic carbocycles. The van der Waals surface area contributed by atoms with Crippen LogP contribution in [0.2, 0.25) is 5.02 Å². The van der Waals surface area contributed by atoms with E-state index in [0.29, 0.717) is 17.4 Å². The number of fused-ring (bicyclic) bond motifs is 1. The van der Waals surface area contributed by atoms with Gasteiger partial charge in [0.25, 0.3) is 0 Å². The third kappa shape index (κ3) is 7.07. The molecule has 1 fully saturated rings. The molecule has 5 aromatic rings. The highest BCUT2D eigenvalue weighted by molar-refractivity contribution is 7.90. The summed E-state index contributed by atoms with van der Waals surface area (Å²) < 4.78 is 22.6. The number of aromatic nitrogens is 3. The highest BCUT2D eigenvalue weighted by Gasteiger charge is 2.50. The third-order valence-electron chi connectivity index (χ3n) is 9.36. The second-order valence-electron chi connectivity index (χ2n) is 13.6. The molecule has 1 aliphatic heterocycles. The second kappa shape index (κ2) is 13.9. The molecular formula is C39H39ClN6O2S. The van der Waals surface area contributed by atoms with Crippen molar-refractivity contribution >= 4 is 40.3 Å². The number of rotatable bonds is 8. The zero-order valence-corrected chi connectivity index (χ0v) is 29.4. The minimum Gasteiger partial charge on any atom is -0.598 e. The largest absolute Gasteiger partial charge is 0.598 e. The monoisotopic (exact) mass is 690 g/mol. The van der Waals surface area contributed by atoms with Crippen molar-refractivity contribution < 1.29 is 9.29 Å². The van der Waals surface area contributed by atoms with E-state index in [0.717, 1.165) is 55.0 Å². The molecule has 0 bridgehead atoms. The van der Waals surface area contributed by atoms with E-state index < -0.39 is 11.4 Å². The number of benzene rings is 3. The number of ether oxygens (including phenoxy) is 1. The zero-order valence-electron chi connectivity index (χ0n) is 27.8. The summed E-state index contributed by atoms with van der Waals surface area (Å²) in [6, 6.07) is 30.2. The van der Waals surface area contributed by atoms with Gasteiger partial charge in [-0.3, -0.25) is 0 Å². The Balaban J connectivity index is 1.06. The van der Waals surface area contributed by atoms with Gasteiger partial charge in [0.15, 0.2) is 11.6 Å². The lowest BCUT2D eigenvalue weighted by atomic mass is 9.73. The lowest BCUT2D eigenvalue weighted by Crippen LogP contribution is -2.49. The fraction of sp³-hybridized carbons (Fsp3) is 0.282. The van der Waals surface area contributed by atoms with Crippen molar-refractivity contribution in [3.63, 3.8) is 0 Å². The summed E-state index contributed by atoms with van der Waals surface area (Å²) in [5, 5.41) is 0.284. The van der Waals surface area contributed by atoms with Gasteiger partial charge < -0.3 is 14.2 Å². The predicted molar refractivity (Wildman–Crippen MR) is 197 cm³/mol. The van der Waals surface area contributed by atoms with E-state index in [9.17, 15) is 4.55 Å². The maximum atomic E-state index is 13.3. The van der Waals surface area contributed by atoms with Crippen molar-refractivity contribution in [3.8, 4) is 11.6 Å². The maximum absolute atomic E-state index is 13.3. The predicted octanol–water partition coefficient (Wildman–Crippen LogP) is 8.42. The van der Waals surface area contributed by atoms with Crippen molar-refractivity contribution in [3.05, 3.63) is 137 Å². The van der Waals surface area contributed by atoms with E-state index >= 15 is 0 Å². The summed E-state index contributed by atoms with van der Waals surface area (Å²) in [4.78, 5) is 20.9. The van der Waals surface area contributed by atoms with E-state index in [1.165, 1.54) is 11.1 Å². The van der Waals surface area contributed by atoms with Gasteiger partial charge in [0.1, 0.15) is 15.6 Å². The number of nitrogens with zero attached hydrogens (tertiary/aromatic N) is 5. The molecule has 3 aromatic carbocycles. The first-order valence-electron chi connectivity index (χ1n) is 16.5. The Hall–Kier alpha value is -4.28. The normalized spacial score (nSPS) is 17.4. The van der Waals surface area contributed by atoms with E-state index in [2.05, 4.69) is 43.9 Å². The molecule has 3 heterocycles.